The maximum absolute atomic E-state index is 11.9. The zero-order valence-corrected chi connectivity index (χ0v) is 14.4. The number of carbonyl (C=O) groups is 2. The molecule has 2 amide bonds. The van der Waals surface area contributed by atoms with Crippen molar-refractivity contribution in [2.75, 3.05) is 12.0 Å². The van der Waals surface area contributed by atoms with Crippen LogP contribution in [0.2, 0.25) is 0 Å². The van der Waals surface area contributed by atoms with E-state index >= 15 is 0 Å². The first-order valence-corrected chi connectivity index (χ1v) is 8.92. The molecular formula is C14H22N2O3S2. The van der Waals surface area contributed by atoms with E-state index in [1.807, 2.05) is 33.1 Å². The molecule has 0 aromatic carbocycles. The highest BCUT2D eigenvalue weighted by molar-refractivity contribution is 7.98. The normalized spacial score (nSPS) is 13.5. The van der Waals surface area contributed by atoms with Crippen LogP contribution in [-0.2, 0) is 4.79 Å². The number of thiophene rings is 1. The standard InChI is InChI=1S/C14H22N2O3S2/c1-8-7-11(10(3)21-8)9(2)15-14(19)16-12(13(17)18)5-6-20-4/h7,9,12H,5-6H2,1-4H3,(H,17,18)(H2,15,16,19)/t9?,12-/m0/s1. The molecule has 0 bridgehead atoms. The number of hydrogen-bond acceptors (Lipinski definition) is 4. The topological polar surface area (TPSA) is 78.4 Å². The predicted molar refractivity (Wildman–Crippen MR) is 88.3 cm³/mol. The number of nitrogens with one attached hydrogen (secondary N) is 2. The molecule has 0 spiro atoms. The molecule has 1 heterocycles. The third-order valence-electron chi connectivity index (χ3n) is 3.11. The first-order valence-electron chi connectivity index (χ1n) is 6.70. The van der Waals surface area contributed by atoms with Gasteiger partial charge in [-0.15, -0.1) is 11.3 Å². The van der Waals surface area contributed by atoms with E-state index in [0.717, 1.165) is 10.4 Å². The lowest BCUT2D eigenvalue weighted by molar-refractivity contribution is -0.139. The van der Waals surface area contributed by atoms with E-state index in [0.29, 0.717) is 12.2 Å². The van der Waals surface area contributed by atoms with E-state index in [2.05, 4.69) is 10.6 Å². The first kappa shape index (κ1) is 17.8. The van der Waals surface area contributed by atoms with E-state index in [9.17, 15) is 9.59 Å². The Balaban J connectivity index is 2.59. The zero-order chi connectivity index (χ0) is 16.0. The number of aryl methyl sites for hydroxylation is 2. The lowest BCUT2D eigenvalue weighted by Crippen LogP contribution is -2.46. The molecule has 0 aliphatic rings. The summed E-state index contributed by atoms with van der Waals surface area (Å²) in [5.41, 5.74) is 1.07. The monoisotopic (exact) mass is 330 g/mol. The summed E-state index contributed by atoms with van der Waals surface area (Å²) in [5.74, 6) is -0.315. The van der Waals surface area contributed by atoms with E-state index in [4.69, 9.17) is 5.11 Å². The average molecular weight is 330 g/mol. The number of rotatable bonds is 7. The van der Waals surface area contributed by atoms with Gasteiger partial charge in [-0.3, -0.25) is 0 Å². The van der Waals surface area contributed by atoms with Gasteiger partial charge in [0.1, 0.15) is 6.04 Å². The molecule has 1 aromatic heterocycles. The van der Waals surface area contributed by atoms with Gasteiger partial charge in [0.15, 0.2) is 0 Å². The summed E-state index contributed by atoms with van der Waals surface area (Å²) in [6, 6.07) is 0.604. The summed E-state index contributed by atoms with van der Waals surface area (Å²) in [7, 11) is 0. The van der Waals surface area contributed by atoms with Crippen LogP contribution in [0.15, 0.2) is 6.07 Å². The molecule has 1 rings (SSSR count). The highest BCUT2D eigenvalue weighted by Crippen LogP contribution is 2.25. The van der Waals surface area contributed by atoms with Gasteiger partial charge < -0.3 is 15.7 Å². The Bertz CT molecular complexity index is 502. The summed E-state index contributed by atoms with van der Waals surface area (Å²) in [5, 5.41) is 14.4. The Morgan fingerprint density at radius 3 is 2.52 bits per heavy atom. The number of thioether (sulfide) groups is 1. The molecule has 0 radical (unpaired) electrons. The van der Waals surface area contributed by atoms with E-state index in [1.54, 1.807) is 23.1 Å². The second-order valence-electron chi connectivity index (χ2n) is 4.88. The smallest absolute Gasteiger partial charge is 0.326 e. The molecule has 5 nitrogen and oxygen atoms in total. The molecule has 7 heteroatoms. The highest BCUT2D eigenvalue weighted by Gasteiger charge is 2.21. The number of carboxylic acid groups (broad SMARTS) is 1. The van der Waals surface area contributed by atoms with Crippen molar-refractivity contribution in [3.05, 3.63) is 21.4 Å². The van der Waals surface area contributed by atoms with Crippen molar-refractivity contribution in [3.8, 4) is 0 Å². The van der Waals surface area contributed by atoms with E-state index in [-0.39, 0.29) is 6.04 Å². The second kappa shape index (κ2) is 8.29. The number of urea groups is 1. The summed E-state index contributed by atoms with van der Waals surface area (Å²) in [6.45, 7) is 5.93. The van der Waals surface area contributed by atoms with Crippen molar-refractivity contribution in [1.82, 2.24) is 10.6 Å². The highest BCUT2D eigenvalue weighted by atomic mass is 32.2. The quantitative estimate of drug-likeness (QED) is 0.718. The van der Waals surface area contributed by atoms with Gasteiger partial charge in [-0.1, -0.05) is 0 Å². The summed E-state index contributed by atoms with van der Waals surface area (Å²) >= 11 is 3.24. The van der Waals surface area contributed by atoms with E-state index < -0.39 is 18.0 Å². The van der Waals surface area contributed by atoms with Crippen LogP contribution in [0, 0.1) is 13.8 Å². The van der Waals surface area contributed by atoms with Crippen molar-refractivity contribution in [2.45, 2.75) is 39.3 Å². The molecule has 1 unspecified atom stereocenters. The third kappa shape index (κ3) is 5.59. The van der Waals surface area contributed by atoms with Crippen LogP contribution in [0.1, 0.15) is 34.7 Å². The van der Waals surface area contributed by atoms with Crippen molar-refractivity contribution in [3.63, 3.8) is 0 Å². The van der Waals surface area contributed by atoms with Crippen LogP contribution in [0.5, 0.6) is 0 Å². The molecule has 0 saturated carbocycles. The van der Waals surface area contributed by atoms with Crippen LogP contribution in [0.4, 0.5) is 4.79 Å². The van der Waals surface area contributed by atoms with Crippen LogP contribution < -0.4 is 10.6 Å². The molecule has 0 aliphatic carbocycles. The van der Waals surface area contributed by atoms with Gasteiger partial charge in [-0.25, -0.2) is 9.59 Å². The van der Waals surface area contributed by atoms with Gasteiger partial charge in [0.05, 0.1) is 6.04 Å². The Morgan fingerprint density at radius 2 is 2.05 bits per heavy atom. The number of carbonyl (C=O) groups excluding carboxylic acids is 1. The zero-order valence-electron chi connectivity index (χ0n) is 12.7. The number of aliphatic carboxylic acids is 1. The van der Waals surface area contributed by atoms with Crippen LogP contribution in [0.25, 0.3) is 0 Å². The SMILES string of the molecule is CSCC[C@H](NC(=O)NC(C)c1cc(C)sc1C)C(=O)O. The maximum Gasteiger partial charge on any atom is 0.326 e. The minimum atomic E-state index is -1.01. The molecule has 0 fully saturated rings. The molecular weight excluding hydrogens is 308 g/mol. The lowest BCUT2D eigenvalue weighted by atomic mass is 10.1. The lowest BCUT2D eigenvalue weighted by Gasteiger charge is -2.18. The Hall–Kier alpha value is -1.21. The molecule has 0 saturated heterocycles. The minimum Gasteiger partial charge on any atom is -0.480 e. The Morgan fingerprint density at radius 1 is 1.38 bits per heavy atom. The van der Waals surface area contributed by atoms with Gasteiger partial charge in [0, 0.05) is 9.75 Å². The maximum atomic E-state index is 11.9. The van der Waals surface area contributed by atoms with Crippen LogP contribution >= 0.6 is 23.1 Å². The fourth-order valence-corrected chi connectivity index (χ4v) is 3.54. The number of amides is 2. The van der Waals surface area contributed by atoms with Crippen LogP contribution in [-0.4, -0.2) is 35.2 Å². The molecule has 2 atom stereocenters. The molecule has 0 aliphatic heterocycles. The molecule has 3 N–H and O–H groups in total. The van der Waals surface area contributed by atoms with Gasteiger partial charge in [-0.05, 0) is 50.8 Å². The number of carboxylic acids is 1. The van der Waals surface area contributed by atoms with E-state index in [1.165, 1.54) is 4.88 Å². The number of hydrogen-bond donors (Lipinski definition) is 3. The summed E-state index contributed by atoms with van der Waals surface area (Å²) < 4.78 is 0. The summed E-state index contributed by atoms with van der Waals surface area (Å²) in [6.07, 6.45) is 2.32. The largest absolute Gasteiger partial charge is 0.480 e. The Kier molecular flexibility index (Phi) is 7.04. The summed E-state index contributed by atoms with van der Waals surface area (Å²) in [4.78, 5) is 25.4. The van der Waals surface area contributed by atoms with Gasteiger partial charge in [0.2, 0.25) is 0 Å². The molecule has 1 aromatic rings. The van der Waals surface area contributed by atoms with Crippen molar-refractivity contribution in [2.24, 2.45) is 0 Å². The van der Waals surface area contributed by atoms with Gasteiger partial charge >= 0.3 is 12.0 Å². The fraction of sp³-hybridized carbons (Fsp3) is 0.571. The van der Waals surface area contributed by atoms with Crippen molar-refractivity contribution in [1.29, 1.82) is 0 Å². The molecule has 21 heavy (non-hydrogen) atoms. The fourth-order valence-electron chi connectivity index (χ4n) is 2.05. The van der Waals surface area contributed by atoms with Crippen molar-refractivity contribution >= 4 is 35.1 Å². The second-order valence-corrected chi connectivity index (χ2v) is 7.33. The Labute approximate surface area is 133 Å². The van der Waals surface area contributed by atoms with Crippen molar-refractivity contribution < 1.29 is 14.7 Å². The minimum absolute atomic E-state index is 0.148. The molecule has 118 valence electrons. The van der Waals surface area contributed by atoms with Gasteiger partial charge in [-0.2, -0.15) is 11.8 Å². The van der Waals surface area contributed by atoms with Gasteiger partial charge in [0.25, 0.3) is 0 Å². The third-order valence-corrected chi connectivity index (χ3v) is 4.73. The average Bonchev–Trinajstić information content (AvgIpc) is 2.73. The van der Waals surface area contributed by atoms with Crippen LogP contribution in [0.3, 0.4) is 0 Å². The first-order chi connectivity index (χ1) is 9.85. The predicted octanol–water partition coefficient (Wildman–Crippen LogP) is 2.93.